The molecule has 1 N–H and O–H groups in total. The van der Waals surface area contributed by atoms with E-state index < -0.39 is 10.0 Å². The molecule has 0 spiro atoms. The van der Waals surface area contributed by atoms with Crippen molar-refractivity contribution >= 4 is 15.8 Å². The molecule has 0 fully saturated rings. The normalized spacial score (nSPS) is 15.1. The Labute approximate surface area is 118 Å². The molecule has 0 bridgehead atoms. The molecule has 1 aromatic carbocycles. The van der Waals surface area contributed by atoms with Crippen LogP contribution >= 0.6 is 0 Å². The van der Waals surface area contributed by atoms with Crippen molar-refractivity contribution in [1.82, 2.24) is 9.29 Å². The van der Waals surface area contributed by atoms with Crippen LogP contribution in [0.5, 0.6) is 0 Å². The second kappa shape index (κ2) is 4.88. The van der Waals surface area contributed by atoms with Gasteiger partial charge in [0.25, 0.3) is 0 Å². The number of anilines is 1. The number of fused-ring (bicyclic) bond motifs is 1. The average Bonchev–Trinajstić information content (AvgIpc) is 2.92. The number of nitrogens with zero attached hydrogens (tertiary/aromatic N) is 2. The fraction of sp³-hybridized carbons (Fsp3) is 0.214. The van der Waals surface area contributed by atoms with E-state index >= 15 is 0 Å². The highest BCUT2D eigenvalue weighted by Gasteiger charge is 2.30. The van der Waals surface area contributed by atoms with Gasteiger partial charge in [-0.2, -0.15) is 4.31 Å². The Kier molecular flexibility index (Phi) is 3.19. The predicted octanol–water partition coefficient (Wildman–Crippen LogP) is 1.83. The third-order valence-electron chi connectivity index (χ3n) is 3.44. The van der Waals surface area contributed by atoms with Gasteiger partial charge >= 0.3 is 0 Å². The standard InChI is InChI=1S/C14H15N3O2S/c1-15-14-7-6-13(8-16-14)20(18,19)17-9-11-4-2-3-5-12(11)10-17/h2-8H,9-10H2,1H3,(H,15,16). The molecule has 1 aliphatic rings. The molecule has 1 aromatic heterocycles. The first kappa shape index (κ1) is 13.1. The van der Waals surface area contributed by atoms with Gasteiger partial charge < -0.3 is 5.32 Å². The molecule has 0 saturated carbocycles. The number of sulfonamides is 1. The quantitative estimate of drug-likeness (QED) is 0.936. The third-order valence-corrected chi connectivity index (χ3v) is 5.22. The molecule has 0 atom stereocenters. The summed E-state index contributed by atoms with van der Waals surface area (Å²) in [6.07, 6.45) is 1.39. The van der Waals surface area contributed by atoms with E-state index in [0.717, 1.165) is 11.1 Å². The molecule has 6 heteroatoms. The minimum absolute atomic E-state index is 0.226. The Morgan fingerprint density at radius 3 is 2.25 bits per heavy atom. The molecule has 0 unspecified atom stereocenters. The van der Waals surface area contributed by atoms with Crippen LogP contribution in [-0.2, 0) is 23.1 Å². The van der Waals surface area contributed by atoms with Crippen LogP contribution in [0.15, 0.2) is 47.5 Å². The SMILES string of the molecule is CNc1ccc(S(=O)(=O)N2Cc3ccccc3C2)cn1. The molecule has 0 aliphatic carbocycles. The Morgan fingerprint density at radius 1 is 1.10 bits per heavy atom. The molecule has 0 saturated heterocycles. The Balaban J connectivity index is 1.90. The molecular weight excluding hydrogens is 274 g/mol. The highest BCUT2D eigenvalue weighted by Crippen LogP contribution is 2.28. The van der Waals surface area contributed by atoms with Crippen LogP contribution in [0.25, 0.3) is 0 Å². The zero-order valence-electron chi connectivity index (χ0n) is 11.1. The van der Waals surface area contributed by atoms with E-state index in [4.69, 9.17) is 0 Å². The van der Waals surface area contributed by atoms with Gasteiger partial charge in [-0.15, -0.1) is 0 Å². The smallest absolute Gasteiger partial charge is 0.245 e. The van der Waals surface area contributed by atoms with Gasteiger partial charge in [-0.1, -0.05) is 24.3 Å². The van der Waals surface area contributed by atoms with Gasteiger partial charge in [0.15, 0.2) is 0 Å². The summed E-state index contributed by atoms with van der Waals surface area (Å²) >= 11 is 0. The van der Waals surface area contributed by atoms with Crippen molar-refractivity contribution in [2.24, 2.45) is 0 Å². The molecule has 20 heavy (non-hydrogen) atoms. The minimum Gasteiger partial charge on any atom is -0.373 e. The van der Waals surface area contributed by atoms with Crippen LogP contribution in [0.4, 0.5) is 5.82 Å². The number of pyridine rings is 1. The van der Waals surface area contributed by atoms with E-state index in [1.165, 1.54) is 10.5 Å². The Hall–Kier alpha value is -1.92. The zero-order chi connectivity index (χ0) is 14.2. The van der Waals surface area contributed by atoms with Crippen molar-refractivity contribution in [2.45, 2.75) is 18.0 Å². The lowest BCUT2D eigenvalue weighted by Crippen LogP contribution is -2.25. The fourth-order valence-corrected chi connectivity index (χ4v) is 3.64. The number of hydrogen-bond acceptors (Lipinski definition) is 4. The number of benzene rings is 1. The second-order valence-corrected chi connectivity index (χ2v) is 6.61. The van der Waals surface area contributed by atoms with Gasteiger partial charge in [-0.3, -0.25) is 0 Å². The molecule has 2 aromatic rings. The summed E-state index contributed by atoms with van der Waals surface area (Å²) in [6, 6.07) is 11.0. The summed E-state index contributed by atoms with van der Waals surface area (Å²) in [5.74, 6) is 0.647. The van der Waals surface area contributed by atoms with Crippen LogP contribution < -0.4 is 5.32 Å². The highest BCUT2D eigenvalue weighted by atomic mass is 32.2. The highest BCUT2D eigenvalue weighted by molar-refractivity contribution is 7.89. The van der Waals surface area contributed by atoms with E-state index in [1.54, 1.807) is 19.2 Å². The van der Waals surface area contributed by atoms with E-state index in [2.05, 4.69) is 10.3 Å². The van der Waals surface area contributed by atoms with Gasteiger partial charge in [-0.05, 0) is 23.3 Å². The van der Waals surface area contributed by atoms with Crippen molar-refractivity contribution in [1.29, 1.82) is 0 Å². The molecule has 1 aliphatic heterocycles. The maximum absolute atomic E-state index is 12.6. The van der Waals surface area contributed by atoms with Crippen molar-refractivity contribution in [2.75, 3.05) is 12.4 Å². The van der Waals surface area contributed by atoms with Gasteiger partial charge in [0, 0.05) is 26.3 Å². The molecular formula is C14H15N3O2S. The minimum atomic E-state index is -3.49. The zero-order valence-corrected chi connectivity index (χ0v) is 11.9. The molecule has 104 valence electrons. The lowest BCUT2D eigenvalue weighted by Gasteiger charge is -2.15. The van der Waals surface area contributed by atoms with Crippen LogP contribution in [0.3, 0.4) is 0 Å². The van der Waals surface area contributed by atoms with E-state index in [0.29, 0.717) is 18.9 Å². The number of nitrogens with one attached hydrogen (secondary N) is 1. The molecule has 0 amide bonds. The van der Waals surface area contributed by atoms with Crippen molar-refractivity contribution < 1.29 is 8.42 Å². The summed E-state index contributed by atoms with van der Waals surface area (Å²) < 4.78 is 26.6. The lowest BCUT2D eigenvalue weighted by atomic mass is 10.1. The van der Waals surface area contributed by atoms with Crippen molar-refractivity contribution in [3.8, 4) is 0 Å². The summed E-state index contributed by atoms with van der Waals surface area (Å²) in [6.45, 7) is 0.846. The number of aromatic nitrogens is 1. The average molecular weight is 289 g/mol. The van der Waals surface area contributed by atoms with Crippen molar-refractivity contribution in [3.05, 3.63) is 53.7 Å². The van der Waals surface area contributed by atoms with E-state index in [9.17, 15) is 8.42 Å². The summed E-state index contributed by atoms with van der Waals surface area (Å²) in [5.41, 5.74) is 2.13. The topological polar surface area (TPSA) is 62.3 Å². The Bertz CT molecular complexity index is 701. The lowest BCUT2D eigenvalue weighted by molar-refractivity contribution is 0.431. The van der Waals surface area contributed by atoms with E-state index in [-0.39, 0.29) is 4.90 Å². The first-order valence-corrected chi connectivity index (χ1v) is 7.76. The maximum Gasteiger partial charge on any atom is 0.245 e. The number of hydrogen-bond donors (Lipinski definition) is 1. The molecule has 2 heterocycles. The van der Waals surface area contributed by atoms with Gasteiger partial charge in [-0.25, -0.2) is 13.4 Å². The second-order valence-electron chi connectivity index (χ2n) is 4.67. The van der Waals surface area contributed by atoms with Crippen LogP contribution in [0, 0.1) is 0 Å². The largest absolute Gasteiger partial charge is 0.373 e. The monoisotopic (exact) mass is 289 g/mol. The Morgan fingerprint density at radius 2 is 1.75 bits per heavy atom. The van der Waals surface area contributed by atoms with Gasteiger partial charge in [0.1, 0.15) is 10.7 Å². The maximum atomic E-state index is 12.6. The van der Waals surface area contributed by atoms with Gasteiger partial charge in [0.2, 0.25) is 10.0 Å². The molecule has 5 nitrogen and oxygen atoms in total. The van der Waals surface area contributed by atoms with Crippen LogP contribution in [0.2, 0.25) is 0 Å². The van der Waals surface area contributed by atoms with Gasteiger partial charge in [0.05, 0.1) is 0 Å². The summed E-state index contributed by atoms with van der Waals surface area (Å²) in [4.78, 5) is 4.29. The van der Waals surface area contributed by atoms with E-state index in [1.807, 2.05) is 24.3 Å². The molecule has 0 radical (unpaired) electrons. The van der Waals surface area contributed by atoms with Crippen LogP contribution in [0.1, 0.15) is 11.1 Å². The van der Waals surface area contributed by atoms with Crippen LogP contribution in [-0.4, -0.2) is 24.8 Å². The fourth-order valence-electron chi connectivity index (χ4n) is 2.30. The summed E-state index contributed by atoms with van der Waals surface area (Å²) in [5, 5.41) is 2.87. The number of rotatable bonds is 3. The molecule has 3 rings (SSSR count). The third kappa shape index (κ3) is 2.17. The first-order chi connectivity index (χ1) is 9.61. The van der Waals surface area contributed by atoms with Crippen molar-refractivity contribution in [3.63, 3.8) is 0 Å². The first-order valence-electron chi connectivity index (χ1n) is 6.32. The predicted molar refractivity (Wildman–Crippen MR) is 76.7 cm³/mol. The summed E-state index contributed by atoms with van der Waals surface area (Å²) in [7, 11) is -1.74.